The summed E-state index contributed by atoms with van der Waals surface area (Å²) >= 11 is 0. The first-order chi connectivity index (χ1) is 10.0. The van der Waals surface area contributed by atoms with E-state index in [0.717, 1.165) is 0 Å². The molecule has 21 heavy (non-hydrogen) atoms. The van der Waals surface area contributed by atoms with Gasteiger partial charge in [0.05, 0.1) is 11.8 Å². The minimum Gasteiger partial charge on any atom is -0.368 e. The van der Waals surface area contributed by atoms with Gasteiger partial charge in [-0.2, -0.15) is 10.4 Å². The molecule has 7 heteroatoms. The molecule has 7 nitrogen and oxygen atoms in total. The SMILES string of the molecule is C[C@H](C#N)NC(=O)C1=NN(c2ccccc2)[C@@H](C(N)=O)C1. The molecule has 0 saturated carbocycles. The lowest BCUT2D eigenvalue weighted by Gasteiger charge is -2.20. The highest BCUT2D eigenvalue weighted by atomic mass is 16.2. The van der Waals surface area contributed by atoms with Gasteiger partial charge in [-0.3, -0.25) is 14.6 Å². The van der Waals surface area contributed by atoms with Gasteiger partial charge in [0, 0.05) is 6.42 Å². The molecule has 2 atom stereocenters. The van der Waals surface area contributed by atoms with Crippen LogP contribution in [0.5, 0.6) is 0 Å². The fourth-order valence-corrected chi connectivity index (χ4v) is 2.00. The highest BCUT2D eigenvalue weighted by Gasteiger charge is 2.35. The van der Waals surface area contributed by atoms with Crippen molar-refractivity contribution in [1.82, 2.24) is 5.32 Å². The molecule has 3 N–H and O–H groups in total. The first kappa shape index (κ1) is 14.5. The Bertz CT molecular complexity index is 620. The molecule has 1 aliphatic rings. The number of para-hydroxylation sites is 1. The third-order valence-electron chi connectivity index (χ3n) is 3.06. The van der Waals surface area contributed by atoms with Crippen molar-refractivity contribution >= 4 is 23.2 Å². The van der Waals surface area contributed by atoms with E-state index in [9.17, 15) is 9.59 Å². The zero-order valence-electron chi connectivity index (χ0n) is 11.5. The van der Waals surface area contributed by atoms with Crippen LogP contribution in [0.25, 0.3) is 0 Å². The first-order valence-electron chi connectivity index (χ1n) is 6.44. The van der Waals surface area contributed by atoms with Crippen LogP contribution in [0.3, 0.4) is 0 Å². The van der Waals surface area contributed by atoms with E-state index < -0.39 is 23.9 Å². The van der Waals surface area contributed by atoms with Crippen molar-refractivity contribution < 1.29 is 9.59 Å². The van der Waals surface area contributed by atoms with Crippen molar-refractivity contribution in [3.8, 4) is 6.07 Å². The van der Waals surface area contributed by atoms with Crippen molar-refractivity contribution in [2.45, 2.75) is 25.4 Å². The van der Waals surface area contributed by atoms with E-state index in [1.807, 2.05) is 12.1 Å². The fourth-order valence-electron chi connectivity index (χ4n) is 2.00. The quantitative estimate of drug-likeness (QED) is 0.819. The van der Waals surface area contributed by atoms with Crippen LogP contribution in [0.4, 0.5) is 5.69 Å². The smallest absolute Gasteiger partial charge is 0.268 e. The second kappa shape index (κ2) is 6.05. The number of hydrogen-bond donors (Lipinski definition) is 2. The second-order valence-corrected chi connectivity index (χ2v) is 4.67. The zero-order chi connectivity index (χ0) is 15.4. The number of hydrogen-bond acceptors (Lipinski definition) is 5. The van der Waals surface area contributed by atoms with Gasteiger partial charge in [0.25, 0.3) is 5.91 Å². The topological polar surface area (TPSA) is 112 Å². The van der Waals surface area contributed by atoms with E-state index in [-0.39, 0.29) is 12.1 Å². The number of hydrazone groups is 1. The third kappa shape index (κ3) is 3.17. The van der Waals surface area contributed by atoms with E-state index in [1.54, 1.807) is 31.2 Å². The Labute approximate surface area is 122 Å². The van der Waals surface area contributed by atoms with Crippen molar-refractivity contribution in [3.63, 3.8) is 0 Å². The lowest BCUT2D eigenvalue weighted by molar-refractivity contribution is -0.119. The average Bonchev–Trinajstić information content (AvgIpc) is 2.93. The number of nitrogens with two attached hydrogens (primary N) is 1. The Balaban J connectivity index is 2.24. The molecule has 0 radical (unpaired) electrons. The fraction of sp³-hybridized carbons (Fsp3) is 0.286. The predicted octanol–water partition coefficient (Wildman–Crippen LogP) is 0.135. The first-order valence-corrected chi connectivity index (χ1v) is 6.44. The molecule has 108 valence electrons. The molecule has 0 aromatic heterocycles. The molecule has 2 rings (SSSR count). The Morgan fingerprint density at radius 1 is 1.48 bits per heavy atom. The Hall–Kier alpha value is -2.88. The Morgan fingerprint density at radius 2 is 2.14 bits per heavy atom. The molecule has 1 aliphatic heterocycles. The lowest BCUT2D eigenvalue weighted by atomic mass is 10.1. The predicted molar refractivity (Wildman–Crippen MR) is 77.2 cm³/mol. The lowest BCUT2D eigenvalue weighted by Crippen LogP contribution is -2.40. The normalized spacial score (nSPS) is 18.6. The molecule has 0 spiro atoms. The molecule has 2 amide bonds. The highest BCUT2D eigenvalue weighted by molar-refractivity contribution is 6.40. The van der Waals surface area contributed by atoms with Gasteiger partial charge in [-0.25, -0.2) is 0 Å². The molecule has 0 bridgehead atoms. The van der Waals surface area contributed by atoms with E-state index in [1.165, 1.54) is 5.01 Å². The summed E-state index contributed by atoms with van der Waals surface area (Å²) in [6.45, 7) is 1.56. The molecule has 0 saturated heterocycles. The van der Waals surface area contributed by atoms with E-state index >= 15 is 0 Å². The van der Waals surface area contributed by atoms with Gasteiger partial charge in [-0.05, 0) is 19.1 Å². The minimum atomic E-state index is -0.703. The van der Waals surface area contributed by atoms with Gasteiger partial charge in [0.2, 0.25) is 5.91 Å². The Morgan fingerprint density at radius 3 is 2.71 bits per heavy atom. The van der Waals surface area contributed by atoms with Crippen LogP contribution in [0, 0.1) is 11.3 Å². The van der Waals surface area contributed by atoms with Gasteiger partial charge in [0.1, 0.15) is 17.8 Å². The number of primary amides is 1. The zero-order valence-corrected chi connectivity index (χ0v) is 11.5. The standard InChI is InChI=1S/C14H15N5O2/c1-9(8-15)17-14(21)11-7-12(13(16)20)19(18-11)10-5-3-2-4-6-10/h2-6,9,12H,7H2,1H3,(H2,16,20)(H,17,21)/t9-,12-/m1/s1. The number of rotatable bonds is 4. The number of nitrogens with zero attached hydrogens (tertiary/aromatic N) is 3. The third-order valence-corrected chi connectivity index (χ3v) is 3.06. The number of nitriles is 1. The summed E-state index contributed by atoms with van der Waals surface area (Å²) in [5, 5.41) is 16.8. The summed E-state index contributed by atoms with van der Waals surface area (Å²) in [7, 11) is 0. The number of carbonyl (C=O) groups excluding carboxylic acids is 2. The molecule has 1 heterocycles. The summed E-state index contributed by atoms with van der Waals surface area (Å²) < 4.78 is 0. The molecule has 0 fully saturated rings. The highest BCUT2D eigenvalue weighted by Crippen LogP contribution is 2.24. The van der Waals surface area contributed by atoms with Crippen molar-refractivity contribution in [2.24, 2.45) is 10.8 Å². The molecular weight excluding hydrogens is 270 g/mol. The van der Waals surface area contributed by atoms with Crippen molar-refractivity contribution in [1.29, 1.82) is 5.26 Å². The molecule has 0 aliphatic carbocycles. The molecular formula is C14H15N5O2. The number of amides is 2. The number of carbonyl (C=O) groups is 2. The van der Waals surface area contributed by atoms with Gasteiger partial charge in [-0.15, -0.1) is 0 Å². The number of benzene rings is 1. The summed E-state index contributed by atoms with van der Waals surface area (Å²) in [6, 6.07) is 9.57. The monoisotopic (exact) mass is 285 g/mol. The van der Waals surface area contributed by atoms with Gasteiger partial charge in [0.15, 0.2) is 0 Å². The van der Waals surface area contributed by atoms with E-state index in [4.69, 9.17) is 11.0 Å². The van der Waals surface area contributed by atoms with Crippen LogP contribution in [0.1, 0.15) is 13.3 Å². The second-order valence-electron chi connectivity index (χ2n) is 4.67. The Kier molecular flexibility index (Phi) is 4.18. The van der Waals surface area contributed by atoms with Gasteiger partial charge < -0.3 is 11.1 Å². The maximum absolute atomic E-state index is 12.0. The largest absolute Gasteiger partial charge is 0.368 e. The maximum atomic E-state index is 12.0. The van der Waals surface area contributed by atoms with Crippen LogP contribution < -0.4 is 16.1 Å². The molecule has 0 unspecified atom stereocenters. The van der Waals surface area contributed by atoms with Gasteiger partial charge in [-0.1, -0.05) is 18.2 Å². The number of nitrogens with one attached hydrogen (secondary N) is 1. The average molecular weight is 285 g/mol. The number of anilines is 1. The van der Waals surface area contributed by atoms with Crippen LogP contribution in [0.15, 0.2) is 35.4 Å². The maximum Gasteiger partial charge on any atom is 0.268 e. The minimum absolute atomic E-state index is 0.119. The summed E-state index contributed by atoms with van der Waals surface area (Å²) in [5.41, 5.74) is 6.24. The molecule has 1 aromatic rings. The van der Waals surface area contributed by atoms with E-state index in [0.29, 0.717) is 5.69 Å². The molecule has 1 aromatic carbocycles. The van der Waals surface area contributed by atoms with Crippen LogP contribution in [0.2, 0.25) is 0 Å². The van der Waals surface area contributed by atoms with Gasteiger partial charge >= 0.3 is 0 Å². The summed E-state index contributed by atoms with van der Waals surface area (Å²) in [5.74, 6) is -1.02. The van der Waals surface area contributed by atoms with Crippen LogP contribution in [-0.2, 0) is 9.59 Å². The van der Waals surface area contributed by atoms with Crippen molar-refractivity contribution in [2.75, 3.05) is 5.01 Å². The van der Waals surface area contributed by atoms with Crippen LogP contribution in [-0.4, -0.2) is 29.6 Å². The van der Waals surface area contributed by atoms with Crippen molar-refractivity contribution in [3.05, 3.63) is 30.3 Å². The van der Waals surface area contributed by atoms with E-state index in [2.05, 4.69) is 10.4 Å². The summed E-state index contributed by atoms with van der Waals surface area (Å²) in [6.07, 6.45) is 0.119. The summed E-state index contributed by atoms with van der Waals surface area (Å²) in [4.78, 5) is 23.5. The van der Waals surface area contributed by atoms with Crippen LogP contribution >= 0.6 is 0 Å².